The van der Waals surface area contributed by atoms with E-state index >= 15 is 0 Å². The monoisotopic (exact) mass is 1040 g/mol. The predicted molar refractivity (Wildman–Crippen MR) is 261 cm³/mol. The molecule has 0 aromatic carbocycles. The molecule has 2 bridgehead atoms. The number of aliphatic hydroxyl groups is 6. The van der Waals surface area contributed by atoms with Gasteiger partial charge in [0.25, 0.3) is 0 Å². The highest BCUT2D eigenvalue weighted by molar-refractivity contribution is 7.47. The Labute approximate surface area is 416 Å². The van der Waals surface area contributed by atoms with Gasteiger partial charge in [-0.25, -0.2) is 9.13 Å². The van der Waals surface area contributed by atoms with Gasteiger partial charge in [-0.3, -0.25) is 28.0 Å². The zero-order chi connectivity index (χ0) is 52.0. The Hall–Kier alpha value is -1.67. The summed E-state index contributed by atoms with van der Waals surface area (Å²) in [5.41, 5.74) is 0. The molecule has 2 rings (SSSR count). The molecule has 1 heterocycles. The molecule has 0 radical (unpaired) electrons. The first-order valence-corrected chi connectivity index (χ1v) is 29.4. The second-order valence-electron chi connectivity index (χ2n) is 19.4. The van der Waals surface area contributed by atoms with Gasteiger partial charge in [0.15, 0.2) is 6.10 Å². The smallest absolute Gasteiger partial charge is 0.462 e. The lowest BCUT2D eigenvalue weighted by Gasteiger charge is -2.38. The topological polar surface area (TPSA) is 314 Å². The van der Waals surface area contributed by atoms with E-state index in [-0.39, 0.29) is 32.1 Å². The quantitative estimate of drug-likeness (QED) is 0.0160. The normalized spacial score (nSPS) is 29.9. The third kappa shape index (κ3) is 27.6. The van der Waals surface area contributed by atoms with Gasteiger partial charge < -0.3 is 54.8 Å². The van der Waals surface area contributed by atoms with Crippen LogP contribution in [-0.4, -0.2) is 131 Å². The fraction of sp³-hybridized carbons (Fsp3) is 0.898. The number of esters is 2. The van der Waals surface area contributed by atoms with Crippen molar-refractivity contribution in [3.05, 3.63) is 12.2 Å². The van der Waals surface area contributed by atoms with Crippen LogP contribution in [0.15, 0.2) is 12.2 Å². The van der Waals surface area contributed by atoms with Crippen LogP contribution in [-0.2, 0) is 46.6 Å². The lowest BCUT2D eigenvalue weighted by molar-refractivity contribution is -0.165. The number of rotatable bonds is 28. The summed E-state index contributed by atoms with van der Waals surface area (Å²) in [6, 6.07) is 0. The number of carbonyl (C=O) groups is 3. The number of cyclic esters (lactones) is 1. The highest BCUT2D eigenvalue weighted by Gasteiger charge is 2.51. The van der Waals surface area contributed by atoms with Gasteiger partial charge in [-0.1, -0.05) is 167 Å². The summed E-state index contributed by atoms with van der Waals surface area (Å²) < 4.78 is 52.2. The number of phosphoric ester groups is 2. The third-order valence-electron chi connectivity index (χ3n) is 13.2. The van der Waals surface area contributed by atoms with Crippen LogP contribution >= 0.6 is 15.6 Å². The molecule has 19 nitrogen and oxygen atoms in total. The molecule has 9 N–H and O–H groups in total. The Morgan fingerprint density at radius 1 is 0.757 bits per heavy atom. The number of carbonyl (C=O) groups excluding carboxylic acids is 3. The number of fused-ring (bicyclic) bond motifs is 4. The first-order chi connectivity index (χ1) is 33.3. The van der Waals surface area contributed by atoms with Crippen molar-refractivity contribution in [1.82, 2.24) is 0 Å². The maximum absolute atomic E-state index is 13.8. The summed E-state index contributed by atoms with van der Waals surface area (Å²) in [4.78, 5) is 70.5. The van der Waals surface area contributed by atoms with E-state index in [9.17, 15) is 68.8 Å². The van der Waals surface area contributed by atoms with Gasteiger partial charge in [-0.2, -0.15) is 0 Å². The lowest BCUT2D eigenvalue weighted by Crippen LogP contribution is -2.56. The van der Waals surface area contributed by atoms with Crippen molar-refractivity contribution in [2.24, 2.45) is 11.8 Å². The molecule has 0 aromatic heterocycles. The van der Waals surface area contributed by atoms with E-state index < -0.39 is 120 Å². The molecule has 1 saturated carbocycles. The highest BCUT2D eigenvalue weighted by atomic mass is 31.2. The molecule has 1 saturated heterocycles. The summed E-state index contributed by atoms with van der Waals surface area (Å²) in [6.45, 7) is 2.61. The van der Waals surface area contributed by atoms with Crippen molar-refractivity contribution in [1.29, 1.82) is 0 Å². The fourth-order valence-corrected chi connectivity index (χ4v) is 10.6. The van der Waals surface area contributed by atoms with Crippen LogP contribution in [0.1, 0.15) is 200 Å². The summed E-state index contributed by atoms with van der Waals surface area (Å²) in [7, 11) is -11.5. The van der Waals surface area contributed by atoms with Crippen LogP contribution < -0.4 is 0 Å². The summed E-state index contributed by atoms with van der Waals surface area (Å²) in [5.74, 6) is -5.44. The first kappa shape index (κ1) is 64.4. The van der Waals surface area contributed by atoms with E-state index in [4.69, 9.17) is 23.0 Å². The van der Waals surface area contributed by atoms with Crippen molar-refractivity contribution in [2.45, 2.75) is 255 Å². The van der Waals surface area contributed by atoms with E-state index in [1.165, 1.54) is 83.1 Å². The first-order valence-electron chi connectivity index (χ1n) is 26.3. The third-order valence-corrected chi connectivity index (χ3v) is 14.7. The zero-order valence-corrected chi connectivity index (χ0v) is 43.7. The number of hydrogen-bond donors (Lipinski definition) is 9. The standard InChI is InChI=1S/C49H90O19P2/c1-3-5-7-8-9-10-11-12-13-14-15-16-17-18-19-20-25-29-42(53)64-34-37-35-65-70(62,63)68-49-47(58)46(57)44(55)38(28-24-21-22-26-30-43(54)66-37)40(51)33-41(52)39(32-31-36(50)27-23-6-4-2)45(56)48(49)67-69(59,60)61/h31-32,36-39,41,44-50,52,55-58H,3-30,33-35H2,1-2H3,(H,62,63)(H2,59,60,61)/b32-31+/t36-,37+,38-,39-,41+,44+,45+,46-,47+,48+,49-/m0/s1. The molecule has 1 unspecified atom stereocenters. The molecule has 0 aromatic rings. The second kappa shape index (κ2) is 36.3. The van der Waals surface area contributed by atoms with Crippen LogP contribution in [0.2, 0.25) is 0 Å². The zero-order valence-electron chi connectivity index (χ0n) is 41.9. The average molecular weight is 1050 g/mol. The maximum Gasteiger partial charge on any atom is 0.472 e. The van der Waals surface area contributed by atoms with Crippen LogP contribution in [0, 0.1) is 11.8 Å². The Morgan fingerprint density at radius 2 is 1.30 bits per heavy atom. The molecule has 70 heavy (non-hydrogen) atoms. The van der Waals surface area contributed by atoms with Crippen LogP contribution in [0.4, 0.5) is 0 Å². The molecule has 12 atom stereocenters. The van der Waals surface area contributed by atoms with E-state index in [2.05, 4.69) is 6.92 Å². The maximum atomic E-state index is 13.8. The van der Waals surface area contributed by atoms with Crippen molar-refractivity contribution >= 4 is 33.4 Å². The second-order valence-corrected chi connectivity index (χ2v) is 22.0. The molecule has 1 aliphatic heterocycles. The van der Waals surface area contributed by atoms with E-state index in [1.54, 1.807) is 0 Å². The predicted octanol–water partition coefficient (Wildman–Crippen LogP) is 7.32. The molecule has 0 amide bonds. The Morgan fingerprint density at radius 3 is 1.87 bits per heavy atom. The molecule has 2 aliphatic rings. The largest absolute Gasteiger partial charge is 0.472 e. The minimum Gasteiger partial charge on any atom is -0.462 e. The Kier molecular flexibility index (Phi) is 33.4. The van der Waals surface area contributed by atoms with Gasteiger partial charge in [-0.15, -0.1) is 0 Å². The molecule has 0 spiro atoms. The summed E-state index contributed by atoms with van der Waals surface area (Å²) >= 11 is 0. The van der Waals surface area contributed by atoms with Crippen molar-refractivity contribution in [3.8, 4) is 0 Å². The van der Waals surface area contributed by atoms with Gasteiger partial charge in [0.05, 0.1) is 31.0 Å². The van der Waals surface area contributed by atoms with Crippen molar-refractivity contribution in [2.75, 3.05) is 13.2 Å². The number of hydrogen-bond acceptors (Lipinski definition) is 16. The number of Topliss-reactive ketones (excluding diaryl/α,β-unsaturated/α-hetero) is 1. The Balaban J connectivity index is 2.20. The van der Waals surface area contributed by atoms with Gasteiger partial charge in [0, 0.05) is 31.1 Å². The minimum atomic E-state index is -5.77. The number of aliphatic hydroxyl groups excluding tert-OH is 6. The highest BCUT2D eigenvalue weighted by Crippen LogP contribution is 2.49. The molecular formula is C49H90O19P2. The molecular weight excluding hydrogens is 954 g/mol. The van der Waals surface area contributed by atoms with Crippen molar-refractivity contribution in [3.63, 3.8) is 0 Å². The lowest BCUT2D eigenvalue weighted by atomic mass is 9.83. The van der Waals surface area contributed by atoms with Crippen molar-refractivity contribution < 1.29 is 91.9 Å². The van der Waals surface area contributed by atoms with Crippen LogP contribution in [0.5, 0.6) is 0 Å². The summed E-state index contributed by atoms with van der Waals surface area (Å²) in [6.07, 6.45) is 5.61. The van der Waals surface area contributed by atoms with Crippen LogP contribution in [0.3, 0.4) is 0 Å². The summed E-state index contributed by atoms with van der Waals surface area (Å²) in [5, 5.41) is 68.2. The van der Waals surface area contributed by atoms with E-state index in [0.717, 1.165) is 44.6 Å². The van der Waals surface area contributed by atoms with Gasteiger partial charge in [0.1, 0.15) is 36.8 Å². The molecule has 410 valence electrons. The van der Waals surface area contributed by atoms with E-state index in [1.807, 2.05) is 6.92 Å². The number of unbranched alkanes of at least 4 members (excludes halogenated alkanes) is 18. The van der Waals surface area contributed by atoms with Gasteiger partial charge in [-0.05, 0) is 25.7 Å². The van der Waals surface area contributed by atoms with E-state index in [0.29, 0.717) is 32.1 Å². The number of ether oxygens (including phenoxy) is 2. The number of phosphoric acid groups is 2. The Bertz CT molecular complexity index is 1560. The van der Waals surface area contributed by atoms with Gasteiger partial charge in [0.2, 0.25) is 0 Å². The average Bonchev–Trinajstić information content (AvgIpc) is 3.30. The minimum absolute atomic E-state index is 0.0634. The SMILES string of the molecule is CCCCCCCCCCCCCCCCCCCC(=O)OC[C@@H]1COP(=O)(O)O[C@H]2[C@H](O)[C@@H](O)[C@H](O)[C@@H](CCCCCCC(=O)O1)C(=O)C[C@@H](O)[C@H](/C=C/[C@@H](O)CCCCC)[C@@H](O)[C@H]2OP(=O)(O)O. The molecule has 21 heteroatoms. The molecule has 1 aliphatic carbocycles. The fourth-order valence-electron chi connectivity index (χ4n) is 9.05. The number of ketones is 1. The van der Waals surface area contributed by atoms with Crippen LogP contribution in [0.25, 0.3) is 0 Å². The van der Waals surface area contributed by atoms with Gasteiger partial charge >= 0.3 is 27.6 Å². The molecule has 2 fully saturated rings.